The zero-order valence-corrected chi connectivity index (χ0v) is 25.1. The van der Waals surface area contributed by atoms with Crippen LogP contribution in [-0.4, -0.2) is 36.7 Å². The lowest BCUT2D eigenvalue weighted by Crippen LogP contribution is -2.37. The van der Waals surface area contributed by atoms with E-state index >= 15 is 0 Å². The highest BCUT2D eigenvalue weighted by molar-refractivity contribution is 7.89. The van der Waals surface area contributed by atoms with Crippen LogP contribution >= 0.6 is 11.3 Å². The molecule has 8 heteroatoms. The van der Waals surface area contributed by atoms with Crippen LogP contribution in [0.25, 0.3) is 10.2 Å². The van der Waals surface area contributed by atoms with Gasteiger partial charge in [-0.3, -0.25) is 9.69 Å². The van der Waals surface area contributed by atoms with Crippen molar-refractivity contribution in [1.82, 2.24) is 9.29 Å². The Hall–Kier alpha value is -3.07. The number of benzene rings is 3. The average Bonchev–Trinajstić information content (AvgIpc) is 3.29. The Labute approximate surface area is 236 Å². The number of aromatic nitrogens is 1. The fraction of sp³-hybridized carbons (Fsp3) is 0.355. The highest BCUT2D eigenvalue weighted by Gasteiger charge is 2.27. The molecule has 6 nitrogen and oxygen atoms in total. The molecule has 0 fully saturated rings. The second-order valence-electron chi connectivity index (χ2n) is 10.9. The van der Waals surface area contributed by atoms with Crippen LogP contribution in [0, 0.1) is 25.7 Å². The topological polar surface area (TPSA) is 70.6 Å². The van der Waals surface area contributed by atoms with Crippen LogP contribution in [0.1, 0.15) is 54.7 Å². The van der Waals surface area contributed by atoms with Crippen molar-refractivity contribution in [3.8, 4) is 0 Å². The van der Waals surface area contributed by atoms with E-state index in [4.69, 9.17) is 4.98 Å². The Kier molecular flexibility index (Phi) is 8.89. The van der Waals surface area contributed by atoms with E-state index in [-0.39, 0.29) is 22.6 Å². The number of nitrogens with zero attached hydrogens (tertiary/aromatic N) is 3. The Morgan fingerprint density at radius 3 is 2.05 bits per heavy atom. The largest absolute Gasteiger partial charge is 0.279 e. The van der Waals surface area contributed by atoms with Gasteiger partial charge in [0.05, 0.1) is 21.7 Å². The van der Waals surface area contributed by atoms with E-state index in [2.05, 4.69) is 26.0 Å². The molecular formula is C31H37N3O3S2. The maximum Gasteiger partial charge on any atom is 0.260 e. The second-order valence-corrected chi connectivity index (χ2v) is 13.9. The van der Waals surface area contributed by atoms with Crippen molar-refractivity contribution in [2.24, 2.45) is 11.8 Å². The van der Waals surface area contributed by atoms with Gasteiger partial charge in [0.15, 0.2) is 5.13 Å². The van der Waals surface area contributed by atoms with Crippen LogP contribution in [0.3, 0.4) is 0 Å². The van der Waals surface area contributed by atoms with Crippen molar-refractivity contribution < 1.29 is 13.2 Å². The molecule has 4 rings (SSSR count). The van der Waals surface area contributed by atoms with Crippen molar-refractivity contribution >= 4 is 42.6 Å². The van der Waals surface area contributed by atoms with Crippen LogP contribution in [0.5, 0.6) is 0 Å². The average molecular weight is 564 g/mol. The molecule has 0 aliphatic rings. The number of amides is 1. The molecule has 0 aliphatic heterocycles. The third-order valence-electron chi connectivity index (χ3n) is 6.53. The number of anilines is 1. The summed E-state index contributed by atoms with van der Waals surface area (Å²) in [5.41, 5.74) is 4.59. The molecular weight excluding hydrogens is 526 g/mol. The number of sulfonamides is 1. The van der Waals surface area contributed by atoms with Crippen molar-refractivity contribution in [3.05, 3.63) is 89.0 Å². The van der Waals surface area contributed by atoms with Gasteiger partial charge >= 0.3 is 0 Å². The SMILES string of the molecule is Cc1cc2nc(N(Cc3ccccc3)C(=O)c3ccc(S(=O)(=O)N(CC(C)C)CC(C)C)cc3)sc2cc1C. The molecule has 0 saturated carbocycles. The van der Waals surface area contributed by atoms with E-state index in [0.717, 1.165) is 21.3 Å². The molecule has 4 aromatic rings. The van der Waals surface area contributed by atoms with Crippen LogP contribution in [0.2, 0.25) is 0 Å². The maximum atomic E-state index is 13.9. The Morgan fingerprint density at radius 2 is 1.46 bits per heavy atom. The summed E-state index contributed by atoms with van der Waals surface area (Å²) in [6.07, 6.45) is 0. The molecule has 3 aromatic carbocycles. The number of thiazole rings is 1. The summed E-state index contributed by atoms with van der Waals surface area (Å²) in [7, 11) is -3.68. The smallest absolute Gasteiger partial charge is 0.260 e. The molecule has 0 radical (unpaired) electrons. The van der Waals surface area contributed by atoms with Gasteiger partial charge in [-0.1, -0.05) is 69.4 Å². The fourth-order valence-corrected chi connectivity index (χ4v) is 7.25. The van der Waals surface area contributed by atoms with Crippen LogP contribution < -0.4 is 4.90 Å². The maximum absolute atomic E-state index is 13.9. The molecule has 0 bridgehead atoms. The van der Waals surface area contributed by atoms with E-state index in [1.807, 2.05) is 58.0 Å². The summed E-state index contributed by atoms with van der Waals surface area (Å²) in [5, 5.41) is 0.612. The zero-order chi connectivity index (χ0) is 28.3. The molecule has 206 valence electrons. The van der Waals surface area contributed by atoms with Gasteiger partial charge in [-0.15, -0.1) is 0 Å². The summed E-state index contributed by atoms with van der Waals surface area (Å²) in [6.45, 7) is 13.4. The Bertz CT molecular complexity index is 1490. The van der Waals surface area contributed by atoms with Gasteiger partial charge in [-0.2, -0.15) is 4.31 Å². The number of rotatable bonds is 10. The molecule has 1 heterocycles. The van der Waals surface area contributed by atoms with Gasteiger partial charge in [0.2, 0.25) is 10.0 Å². The first-order valence-corrected chi connectivity index (χ1v) is 15.5. The number of aryl methyl sites for hydroxylation is 2. The summed E-state index contributed by atoms with van der Waals surface area (Å²) in [5.74, 6) is 0.177. The lowest BCUT2D eigenvalue weighted by atomic mass is 10.1. The highest BCUT2D eigenvalue weighted by Crippen LogP contribution is 2.33. The fourth-order valence-electron chi connectivity index (χ4n) is 4.44. The minimum absolute atomic E-state index is 0.195. The molecule has 1 amide bonds. The molecule has 0 spiro atoms. The monoisotopic (exact) mass is 563 g/mol. The summed E-state index contributed by atoms with van der Waals surface area (Å²) in [6, 6.07) is 20.3. The molecule has 0 atom stereocenters. The number of fused-ring (bicyclic) bond motifs is 1. The predicted octanol–water partition coefficient (Wildman–Crippen LogP) is 7.06. The van der Waals surface area contributed by atoms with E-state index in [0.29, 0.717) is 30.3 Å². The van der Waals surface area contributed by atoms with Crippen molar-refractivity contribution in [2.75, 3.05) is 18.0 Å². The number of carbonyl (C=O) groups excluding carboxylic acids is 1. The van der Waals surface area contributed by atoms with Gasteiger partial charge in [0, 0.05) is 18.7 Å². The summed E-state index contributed by atoms with van der Waals surface area (Å²) < 4.78 is 29.5. The van der Waals surface area contributed by atoms with Gasteiger partial charge in [-0.25, -0.2) is 13.4 Å². The quantitative estimate of drug-likeness (QED) is 0.207. The molecule has 0 N–H and O–H groups in total. The third-order valence-corrected chi connectivity index (χ3v) is 9.42. The van der Waals surface area contributed by atoms with Crippen LogP contribution in [0.15, 0.2) is 71.6 Å². The third kappa shape index (κ3) is 6.75. The minimum Gasteiger partial charge on any atom is -0.279 e. The van der Waals surface area contributed by atoms with E-state index in [1.54, 1.807) is 33.5 Å². The van der Waals surface area contributed by atoms with E-state index in [9.17, 15) is 13.2 Å². The Balaban J connectivity index is 1.68. The van der Waals surface area contributed by atoms with E-state index in [1.165, 1.54) is 16.9 Å². The molecule has 0 aliphatic carbocycles. The highest BCUT2D eigenvalue weighted by atomic mass is 32.2. The Morgan fingerprint density at radius 1 is 0.872 bits per heavy atom. The van der Waals surface area contributed by atoms with Gasteiger partial charge in [0.25, 0.3) is 5.91 Å². The number of carbonyl (C=O) groups is 1. The molecule has 0 saturated heterocycles. The van der Waals surface area contributed by atoms with Gasteiger partial charge in [0.1, 0.15) is 0 Å². The van der Waals surface area contributed by atoms with Crippen molar-refractivity contribution in [3.63, 3.8) is 0 Å². The van der Waals surface area contributed by atoms with Crippen molar-refractivity contribution in [2.45, 2.75) is 53.0 Å². The first kappa shape index (κ1) is 28.9. The second kappa shape index (κ2) is 12.0. The zero-order valence-electron chi connectivity index (χ0n) is 23.5. The van der Waals surface area contributed by atoms with Crippen LogP contribution in [-0.2, 0) is 16.6 Å². The number of hydrogen-bond donors (Lipinski definition) is 0. The predicted molar refractivity (Wildman–Crippen MR) is 161 cm³/mol. The van der Waals surface area contributed by atoms with Gasteiger partial charge < -0.3 is 0 Å². The van der Waals surface area contributed by atoms with Crippen molar-refractivity contribution in [1.29, 1.82) is 0 Å². The molecule has 0 unspecified atom stereocenters. The lowest BCUT2D eigenvalue weighted by Gasteiger charge is -2.26. The van der Waals surface area contributed by atoms with Gasteiger partial charge in [-0.05, 0) is 78.8 Å². The standard InChI is InChI=1S/C31H37N3O3S2/c1-21(2)18-33(19-22(3)4)39(36,37)27-14-12-26(13-15-27)30(35)34(20-25-10-8-7-9-11-25)31-32-28-16-23(5)24(6)17-29(28)38-31/h7-17,21-22H,18-20H2,1-6H3. The van der Waals surface area contributed by atoms with E-state index < -0.39 is 10.0 Å². The summed E-state index contributed by atoms with van der Waals surface area (Å²) >= 11 is 1.48. The van der Waals surface area contributed by atoms with Crippen LogP contribution in [0.4, 0.5) is 5.13 Å². The molecule has 39 heavy (non-hydrogen) atoms. The summed E-state index contributed by atoms with van der Waals surface area (Å²) in [4.78, 5) is 20.6. The normalized spacial score (nSPS) is 12.1. The first-order valence-electron chi connectivity index (χ1n) is 13.3. The minimum atomic E-state index is -3.68. The number of hydrogen-bond acceptors (Lipinski definition) is 5. The lowest BCUT2D eigenvalue weighted by molar-refractivity contribution is 0.0985. The first-order chi connectivity index (χ1) is 18.5. The molecule has 1 aromatic heterocycles.